The van der Waals surface area contributed by atoms with Gasteiger partial charge in [0.1, 0.15) is 5.75 Å². The van der Waals surface area contributed by atoms with E-state index in [0.717, 1.165) is 12.8 Å². The molecule has 122 valence electrons. The van der Waals surface area contributed by atoms with Gasteiger partial charge in [-0.3, -0.25) is 0 Å². The standard InChI is InChI=1S/C14H24N2O3S.ClH/c1-4-14(15,5-2)11-16-20(17,18)13-9-7-12(8-10-13)19-6-3;/h7-10,16H,4-6,11,15H2,1-3H3;1H. The van der Waals surface area contributed by atoms with Crippen molar-refractivity contribution < 1.29 is 13.2 Å². The molecular formula is C14H25ClN2O3S. The first-order valence-electron chi connectivity index (χ1n) is 6.88. The minimum atomic E-state index is -3.53. The maximum Gasteiger partial charge on any atom is 0.240 e. The summed E-state index contributed by atoms with van der Waals surface area (Å²) in [6, 6.07) is 6.35. The van der Waals surface area contributed by atoms with E-state index in [0.29, 0.717) is 12.4 Å². The van der Waals surface area contributed by atoms with Crippen LogP contribution in [0.25, 0.3) is 0 Å². The van der Waals surface area contributed by atoms with E-state index in [-0.39, 0.29) is 23.8 Å². The summed E-state index contributed by atoms with van der Waals surface area (Å²) in [6.45, 7) is 6.56. The summed E-state index contributed by atoms with van der Waals surface area (Å²) in [5.41, 5.74) is 5.60. The van der Waals surface area contributed by atoms with E-state index in [2.05, 4.69) is 4.72 Å². The van der Waals surface area contributed by atoms with E-state index in [1.54, 1.807) is 12.1 Å². The molecule has 3 N–H and O–H groups in total. The van der Waals surface area contributed by atoms with Gasteiger partial charge in [-0.2, -0.15) is 0 Å². The largest absolute Gasteiger partial charge is 0.494 e. The molecule has 0 aliphatic carbocycles. The van der Waals surface area contributed by atoms with E-state index in [1.165, 1.54) is 12.1 Å². The average Bonchev–Trinajstić information content (AvgIpc) is 2.46. The minimum absolute atomic E-state index is 0. The van der Waals surface area contributed by atoms with Gasteiger partial charge in [-0.05, 0) is 44.0 Å². The van der Waals surface area contributed by atoms with Crippen LogP contribution in [0.5, 0.6) is 5.75 Å². The van der Waals surface area contributed by atoms with Gasteiger partial charge < -0.3 is 10.5 Å². The second kappa shape index (κ2) is 8.58. The molecule has 0 atom stereocenters. The highest BCUT2D eigenvalue weighted by Gasteiger charge is 2.23. The molecule has 0 aliphatic heterocycles. The number of nitrogens with one attached hydrogen (secondary N) is 1. The van der Waals surface area contributed by atoms with Crippen LogP contribution < -0.4 is 15.2 Å². The zero-order valence-electron chi connectivity index (χ0n) is 12.8. The van der Waals surface area contributed by atoms with Gasteiger partial charge in [0, 0.05) is 12.1 Å². The summed E-state index contributed by atoms with van der Waals surface area (Å²) in [4.78, 5) is 0.218. The minimum Gasteiger partial charge on any atom is -0.494 e. The third-order valence-corrected chi connectivity index (χ3v) is 4.88. The van der Waals surface area contributed by atoms with E-state index in [4.69, 9.17) is 10.5 Å². The summed E-state index contributed by atoms with van der Waals surface area (Å²) in [5.74, 6) is 0.654. The van der Waals surface area contributed by atoms with Crippen LogP contribution >= 0.6 is 12.4 Å². The van der Waals surface area contributed by atoms with Crippen molar-refractivity contribution in [3.8, 4) is 5.75 Å². The monoisotopic (exact) mass is 336 g/mol. The number of halogens is 1. The first-order chi connectivity index (χ1) is 9.37. The molecule has 0 unspecified atom stereocenters. The number of benzene rings is 1. The predicted octanol–water partition coefficient (Wildman–Crippen LogP) is 2.30. The zero-order chi connectivity index (χ0) is 15.2. The van der Waals surface area contributed by atoms with Crippen molar-refractivity contribution >= 4 is 22.4 Å². The summed E-state index contributed by atoms with van der Waals surface area (Å²) in [6.07, 6.45) is 1.44. The maximum absolute atomic E-state index is 12.2. The number of hydrogen-bond donors (Lipinski definition) is 2. The zero-order valence-corrected chi connectivity index (χ0v) is 14.4. The van der Waals surface area contributed by atoms with Gasteiger partial charge in [0.25, 0.3) is 0 Å². The lowest BCUT2D eigenvalue weighted by molar-refractivity contribution is 0.340. The molecule has 1 rings (SSSR count). The molecular weight excluding hydrogens is 312 g/mol. The second-order valence-corrected chi connectivity index (χ2v) is 6.57. The van der Waals surface area contributed by atoms with Gasteiger partial charge in [-0.15, -0.1) is 12.4 Å². The van der Waals surface area contributed by atoms with E-state index >= 15 is 0 Å². The first-order valence-corrected chi connectivity index (χ1v) is 8.36. The summed E-state index contributed by atoms with van der Waals surface area (Å²) in [5, 5.41) is 0. The fourth-order valence-corrected chi connectivity index (χ4v) is 2.84. The number of hydrogen-bond acceptors (Lipinski definition) is 4. The van der Waals surface area contributed by atoms with Crippen molar-refractivity contribution in [2.24, 2.45) is 5.73 Å². The molecule has 0 heterocycles. The molecule has 0 radical (unpaired) electrons. The molecule has 5 nitrogen and oxygen atoms in total. The number of ether oxygens (including phenoxy) is 1. The molecule has 7 heteroatoms. The van der Waals surface area contributed by atoms with Gasteiger partial charge in [-0.25, -0.2) is 13.1 Å². The highest BCUT2D eigenvalue weighted by Crippen LogP contribution is 2.17. The van der Waals surface area contributed by atoms with Gasteiger partial charge in [0.05, 0.1) is 11.5 Å². The fourth-order valence-electron chi connectivity index (χ4n) is 1.70. The SMILES string of the molecule is CCOc1ccc(S(=O)(=O)NCC(N)(CC)CC)cc1.Cl. The summed E-state index contributed by atoms with van der Waals surface area (Å²) < 4.78 is 32.2. The van der Waals surface area contributed by atoms with E-state index in [9.17, 15) is 8.42 Å². The van der Waals surface area contributed by atoms with Gasteiger partial charge in [-0.1, -0.05) is 13.8 Å². The highest BCUT2D eigenvalue weighted by molar-refractivity contribution is 7.89. The van der Waals surface area contributed by atoms with Gasteiger partial charge in [0.2, 0.25) is 10.0 Å². The molecule has 21 heavy (non-hydrogen) atoms. The van der Waals surface area contributed by atoms with Crippen LogP contribution in [0.3, 0.4) is 0 Å². The van der Waals surface area contributed by atoms with Crippen molar-refractivity contribution in [2.75, 3.05) is 13.2 Å². The Morgan fingerprint density at radius 3 is 2.10 bits per heavy atom. The Bertz CT molecular complexity index is 514. The summed E-state index contributed by atoms with van der Waals surface area (Å²) in [7, 11) is -3.53. The molecule has 0 spiro atoms. The van der Waals surface area contributed by atoms with Crippen molar-refractivity contribution in [1.82, 2.24) is 4.72 Å². The Morgan fingerprint density at radius 2 is 1.67 bits per heavy atom. The average molecular weight is 337 g/mol. The molecule has 1 aromatic rings. The Hall–Kier alpha value is -0.820. The van der Waals surface area contributed by atoms with Crippen LogP contribution in [0, 0.1) is 0 Å². The van der Waals surface area contributed by atoms with E-state index < -0.39 is 15.6 Å². The smallest absolute Gasteiger partial charge is 0.240 e. The Labute approximate surface area is 133 Å². The Balaban J connectivity index is 0.00000400. The number of nitrogens with two attached hydrogens (primary N) is 1. The van der Waals surface area contributed by atoms with Crippen molar-refractivity contribution in [2.45, 2.75) is 44.0 Å². The van der Waals surface area contributed by atoms with Gasteiger partial charge in [0.15, 0.2) is 0 Å². The maximum atomic E-state index is 12.2. The Kier molecular flexibility index (Phi) is 8.25. The first kappa shape index (κ1) is 20.2. The number of rotatable bonds is 8. The third-order valence-electron chi connectivity index (χ3n) is 3.47. The van der Waals surface area contributed by atoms with E-state index in [1.807, 2.05) is 20.8 Å². The predicted molar refractivity (Wildman–Crippen MR) is 87.5 cm³/mol. The van der Waals surface area contributed by atoms with Crippen molar-refractivity contribution in [3.05, 3.63) is 24.3 Å². The number of sulfonamides is 1. The molecule has 0 bridgehead atoms. The van der Waals surface area contributed by atoms with Crippen molar-refractivity contribution in [1.29, 1.82) is 0 Å². The molecule has 0 fully saturated rings. The van der Waals surface area contributed by atoms with Crippen LogP contribution in [-0.2, 0) is 10.0 Å². The second-order valence-electron chi connectivity index (χ2n) is 4.80. The van der Waals surface area contributed by atoms with Crippen molar-refractivity contribution in [3.63, 3.8) is 0 Å². The quantitative estimate of drug-likeness (QED) is 0.763. The molecule has 0 saturated carbocycles. The van der Waals surface area contributed by atoms with Crippen LogP contribution in [0.1, 0.15) is 33.6 Å². The topological polar surface area (TPSA) is 81.4 Å². The third kappa shape index (κ3) is 5.82. The van der Waals surface area contributed by atoms with Gasteiger partial charge >= 0.3 is 0 Å². The van der Waals surface area contributed by atoms with Crippen LogP contribution in [0.15, 0.2) is 29.2 Å². The molecule has 0 aromatic heterocycles. The lowest BCUT2D eigenvalue weighted by atomic mass is 9.95. The molecule has 0 saturated heterocycles. The van der Waals surface area contributed by atoms with Crippen LogP contribution in [0.4, 0.5) is 0 Å². The van der Waals surface area contributed by atoms with Crippen LogP contribution in [0.2, 0.25) is 0 Å². The normalized spacial score (nSPS) is 11.8. The Morgan fingerprint density at radius 1 is 1.14 bits per heavy atom. The van der Waals surface area contributed by atoms with Crippen LogP contribution in [-0.4, -0.2) is 27.1 Å². The molecule has 0 aliphatic rings. The molecule has 0 amide bonds. The fraction of sp³-hybridized carbons (Fsp3) is 0.571. The lowest BCUT2D eigenvalue weighted by Crippen LogP contribution is -2.49. The summed E-state index contributed by atoms with van der Waals surface area (Å²) >= 11 is 0. The molecule has 1 aromatic carbocycles. The lowest BCUT2D eigenvalue weighted by Gasteiger charge is -2.26. The highest BCUT2D eigenvalue weighted by atomic mass is 35.5.